The van der Waals surface area contributed by atoms with Crippen molar-refractivity contribution >= 4 is 22.9 Å². The summed E-state index contributed by atoms with van der Waals surface area (Å²) in [4.78, 5) is 19.2. The van der Waals surface area contributed by atoms with Gasteiger partial charge in [-0.3, -0.25) is 10.1 Å². The molecule has 1 amide bonds. The third-order valence-electron chi connectivity index (χ3n) is 4.59. The molecule has 3 aromatic rings. The molecule has 0 bridgehead atoms. The zero-order chi connectivity index (χ0) is 19.4. The van der Waals surface area contributed by atoms with Crippen molar-refractivity contribution in [2.45, 2.75) is 20.4 Å². The fraction of sp³-hybridized carbons (Fsp3) is 0.300. The lowest BCUT2D eigenvalue weighted by Crippen LogP contribution is -2.27. The molecule has 3 rings (SSSR count). The van der Waals surface area contributed by atoms with E-state index in [9.17, 15) is 13.6 Å². The molecule has 1 N–H and O–H groups in total. The third-order valence-corrected chi connectivity index (χ3v) is 4.59. The van der Waals surface area contributed by atoms with Crippen LogP contribution < -0.4 is 5.32 Å². The Morgan fingerprint density at radius 1 is 1.15 bits per heavy atom. The molecule has 0 unspecified atom stereocenters. The number of halogens is 2. The van der Waals surface area contributed by atoms with Crippen molar-refractivity contribution in [2.24, 2.45) is 0 Å². The number of nitrogens with one attached hydrogen (secondary N) is 1. The zero-order valence-electron chi connectivity index (χ0n) is 15.4. The highest BCUT2D eigenvalue weighted by Crippen LogP contribution is 2.21. The van der Waals surface area contributed by atoms with Crippen molar-refractivity contribution in [3.8, 4) is 0 Å². The number of anilines is 1. The molecule has 27 heavy (non-hydrogen) atoms. The Morgan fingerprint density at radius 3 is 2.59 bits per heavy atom. The second-order valence-electron chi connectivity index (χ2n) is 6.18. The summed E-state index contributed by atoms with van der Waals surface area (Å²) >= 11 is 0. The maximum absolute atomic E-state index is 13.9. The van der Waals surface area contributed by atoms with Crippen LogP contribution in [0.4, 0.5) is 14.7 Å². The highest BCUT2D eigenvalue weighted by Gasteiger charge is 2.17. The summed E-state index contributed by atoms with van der Waals surface area (Å²) < 4.78 is 28.9. The van der Waals surface area contributed by atoms with Crippen molar-refractivity contribution in [2.75, 3.05) is 25.0 Å². The monoisotopic (exact) mass is 372 g/mol. The summed E-state index contributed by atoms with van der Waals surface area (Å²) in [5, 5.41) is 2.67. The lowest BCUT2D eigenvalue weighted by atomic mass is 10.2. The number of fused-ring (bicyclic) bond motifs is 1. The first-order valence-electron chi connectivity index (χ1n) is 8.97. The number of carbonyl (C=O) groups excluding carboxylic acids is 1. The number of carbonyl (C=O) groups is 1. The van der Waals surface area contributed by atoms with Crippen LogP contribution in [0.3, 0.4) is 0 Å². The fourth-order valence-corrected chi connectivity index (χ4v) is 3.02. The second-order valence-corrected chi connectivity index (χ2v) is 6.18. The quantitative estimate of drug-likeness (QED) is 0.684. The summed E-state index contributed by atoms with van der Waals surface area (Å²) in [7, 11) is 0. The number of imidazole rings is 1. The number of hydrogen-bond acceptors (Lipinski definition) is 3. The number of nitrogens with zero attached hydrogens (tertiary/aromatic N) is 3. The number of para-hydroxylation sites is 2. The van der Waals surface area contributed by atoms with E-state index in [2.05, 4.69) is 29.0 Å². The summed E-state index contributed by atoms with van der Waals surface area (Å²) in [6, 6.07) is 10.4. The number of aromatic nitrogens is 2. The molecule has 0 fully saturated rings. The normalized spacial score (nSPS) is 11.3. The van der Waals surface area contributed by atoms with Crippen LogP contribution in [-0.2, 0) is 6.54 Å². The van der Waals surface area contributed by atoms with Crippen LogP contribution in [0.25, 0.3) is 11.0 Å². The molecule has 0 spiro atoms. The largest absolute Gasteiger partial charge is 0.309 e. The van der Waals surface area contributed by atoms with Crippen LogP contribution >= 0.6 is 0 Å². The maximum atomic E-state index is 13.9. The van der Waals surface area contributed by atoms with E-state index >= 15 is 0 Å². The van der Waals surface area contributed by atoms with Gasteiger partial charge in [-0.1, -0.05) is 26.0 Å². The second kappa shape index (κ2) is 8.26. The van der Waals surface area contributed by atoms with Gasteiger partial charge in [-0.2, -0.15) is 0 Å². The van der Waals surface area contributed by atoms with Crippen LogP contribution in [0, 0.1) is 11.6 Å². The van der Waals surface area contributed by atoms with Gasteiger partial charge in [0.2, 0.25) is 5.95 Å². The van der Waals surface area contributed by atoms with E-state index in [0.717, 1.165) is 42.8 Å². The Bertz CT molecular complexity index is 950. The Balaban J connectivity index is 1.90. The lowest BCUT2D eigenvalue weighted by molar-refractivity contribution is 0.102. The molecular formula is C20H22F2N4O. The van der Waals surface area contributed by atoms with Crippen LogP contribution in [0.2, 0.25) is 0 Å². The first-order chi connectivity index (χ1) is 13.0. The molecule has 0 radical (unpaired) electrons. The third kappa shape index (κ3) is 4.14. The number of rotatable bonds is 7. The standard InChI is InChI=1S/C20H22F2N4O/c1-3-25(4-2)11-12-26-18-8-6-5-7-17(18)23-20(26)24-19(27)15-10-9-14(21)13-16(15)22/h5-10,13H,3-4,11-12H2,1-2H3,(H,23,24,27). The average molecular weight is 372 g/mol. The first-order valence-corrected chi connectivity index (χ1v) is 8.97. The minimum Gasteiger partial charge on any atom is -0.309 e. The van der Waals surface area contributed by atoms with Gasteiger partial charge in [0.15, 0.2) is 0 Å². The van der Waals surface area contributed by atoms with Crippen molar-refractivity contribution in [3.05, 3.63) is 59.7 Å². The van der Waals surface area contributed by atoms with E-state index in [1.807, 2.05) is 28.8 Å². The summed E-state index contributed by atoms with van der Waals surface area (Å²) in [6.45, 7) is 7.45. The molecule has 0 aliphatic heterocycles. The number of amides is 1. The molecule has 142 valence electrons. The van der Waals surface area contributed by atoms with Crippen LogP contribution in [0.15, 0.2) is 42.5 Å². The molecule has 1 heterocycles. The van der Waals surface area contributed by atoms with E-state index in [1.165, 1.54) is 0 Å². The van der Waals surface area contributed by atoms with Gasteiger partial charge >= 0.3 is 0 Å². The van der Waals surface area contributed by atoms with Gasteiger partial charge in [0, 0.05) is 19.2 Å². The van der Waals surface area contributed by atoms with Crippen molar-refractivity contribution in [1.29, 1.82) is 0 Å². The molecule has 2 aromatic carbocycles. The van der Waals surface area contributed by atoms with E-state index in [0.29, 0.717) is 18.6 Å². The zero-order valence-corrected chi connectivity index (χ0v) is 15.4. The Kier molecular flexibility index (Phi) is 5.81. The molecular weight excluding hydrogens is 350 g/mol. The topological polar surface area (TPSA) is 50.2 Å². The van der Waals surface area contributed by atoms with Gasteiger partial charge in [0.25, 0.3) is 5.91 Å². The minimum atomic E-state index is -0.904. The van der Waals surface area contributed by atoms with E-state index in [4.69, 9.17) is 0 Å². The highest BCUT2D eigenvalue weighted by molar-refractivity contribution is 6.04. The summed E-state index contributed by atoms with van der Waals surface area (Å²) in [5.41, 5.74) is 1.41. The van der Waals surface area contributed by atoms with Crippen molar-refractivity contribution in [1.82, 2.24) is 14.5 Å². The average Bonchev–Trinajstić information content (AvgIpc) is 2.99. The molecule has 1 aromatic heterocycles. The smallest absolute Gasteiger partial charge is 0.260 e. The Morgan fingerprint density at radius 2 is 1.89 bits per heavy atom. The Labute approximate surface area is 156 Å². The van der Waals surface area contributed by atoms with Crippen LogP contribution in [0.1, 0.15) is 24.2 Å². The van der Waals surface area contributed by atoms with Crippen LogP contribution in [-0.4, -0.2) is 40.0 Å². The van der Waals surface area contributed by atoms with Crippen molar-refractivity contribution < 1.29 is 13.6 Å². The van der Waals surface area contributed by atoms with E-state index < -0.39 is 17.5 Å². The van der Waals surface area contributed by atoms with Gasteiger partial charge in [-0.15, -0.1) is 0 Å². The first kappa shape index (κ1) is 19.0. The molecule has 0 aliphatic carbocycles. The highest BCUT2D eigenvalue weighted by atomic mass is 19.1. The molecule has 5 nitrogen and oxygen atoms in total. The summed E-state index contributed by atoms with van der Waals surface area (Å²) in [6.07, 6.45) is 0. The molecule has 7 heteroatoms. The minimum absolute atomic E-state index is 0.223. The molecule has 0 atom stereocenters. The molecule has 0 saturated carbocycles. The van der Waals surface area contributed by atoms with Gasteiger partial charge < -0.3 is 9.47 Å². The maximum Gasteiger partial charge on any atom is 0.260 e. The predicted octanol–water partition coefficient (Wildman–Crippen LogP) is 3.91. The molecule has 0 aliphatic rings. The van der Waals surface area contributed by atoms with Gasteiger partial charge in [0.05, 0.1) is 16.6 Å². The van der Waals surface area contributed by atoms with E-state index in [-0.39, 0.29) is 5.56 Å². The van der Waals surface area contributed by atoms with Gasteiger partial charge in [0.1, 0.15) is 11.6 Å². The SMILES string of the molecule is CCN(CC)CCn1c(NC(=O)c2ccc(F)cc2F)nc2ccccc21. The number of likely N-dealkylation sites (N-methyl/N-ethyl adjacent to an activating group) is 1. The van der Waals surface area contributed by atoms with Crippen LogP contribution in [0.5, 0.6) is 0 Å². The van der Waals surface area contributed by atoms with Gasteiger partial charge in [-0.05, 0) is 37.4 Å². The van der Waals surface area contributed by atoms with E-state index in [1.54, 1.807) is 0 Å². The lowest BCUT2D eigenvalue weighted by Gasteiger charge is -2.19. The number of benzene rings is 2. The fourth-order valence-electron chi connectivity index (χ4n) is 3.02. The van der Waals surface area contributed by atoms with Gasteiger partial charge in [-0.25, -0.2) is 13.8 Å². The molecule has 0 saturated heterocycles. The predicted molar refractivity (Wildman–Crippen MR) is 102 cm³/mol. The van der Waals surface area contributed by atoms with Crippen molar-refractivity contribution in [3.63, 3.8) is 0 Å². The summed E-state index contributed by atoms with van der Waals surface area (Å²) in [5.74, 6) is -1.95. The Hall–Kier alpha value is -2.80. The number of hydrogen-bond donors (Lipinski definition) is 1.